The number of rotatable bonds is 4. The molecule has 142 valence electrons. The van der Waals surface area contributed by atoms with E-state index in [-0.39, 0.29) is 5.56 Å². The van der Waals surface area contributed by atoms with Gasteiger partial charge in [-0.3, -0.25) is 4.79 Å². The highest BCUT2D eigenvalue weighted by atomic mass is 35.5. The molecular formula is C19H13Cl2N3O3S. The fourth-order valence-corrected chi connectivity index (χ4v) is 4.18. The summed E-state index contributed by atoms with van der Waals surface area (Å²) in [5.74, 6) is 1.51. The molecule has 0 N–H and O–H groups in total. The molecule has 0 fully saturated rings. The van der Waals surface area contributed by atoms with E-state index in [9.17, 15) is 4.79 Å². The molecule has 0 aliphatic carbocycles. The number of aromatic nitrogens is 3. The summed E-state index contributed by atoms with van der Waals surface area (Å²) in [4.78, 5) is 17.7. The van der Waals surface area contributed by atoms with Gasteiger partial charge in [0.1, 0.15) is 0 Å². The Hall–Kier alpha value is -2.61. The molecule has 0 amide bonds. The first-order chi connectivity index (χ1) is 13.5. The summed E-state index contributed by atoms with van der Waals surface area (Å²) in [6.45, 7) is 0. The number of hydrogen-bond donors (Lipinski definition) is 0. The number of thiazole rings is 1. The molecule has 2 aromatic heterocycles. The standard InChI is InChI=1S/C19H13Cl2N3O3S/c1-26-14-5-3-4-10(16(14)27-2)8-15-18(25)24-19(28-15)22-17(23-24)12-7-6-11(20)9-13(12)21/h3-9H,1-2H3/b15-8-. The van der Waals surface area contributed by atoms with Crippen LogP contribution in [0.3, 0.4) is 0 Å². The predicted molar refractivity (Wildman–Crippen MR) is 111 cm³/mol. The Morgan fingerprint density at radius 3 is 2.64 bits per heavy atom. The van der Waals surface area contributed by atoms with Crippen LogP contribution in [0.25, 0.3) is 22.4 Å². The SMILES string of the molecule is COc1cccc(/C=c2\sc3nc(-c4ccc(Cl)cc4Cl)nn3c2=O)c1OC. The summed E-state index contributed by atoms with van der Waals surface area (Å²) in [5.41, 5.74) is 1.07. The molecule has 0 unspecified atom stereocenters. The zero-order chi connectivity index (χ0) is 19.8. The van der Waals surface area contributed by atoms with E-state index in [1.165, 1.54) is 15.9 Å². The Morgan fingerprint density at radius 1 is 1.14 bits per heavy atom. The summed E-state index contributed by atoms with van der Waals surface area (Å²) in [7, 11) is 3.12. The largest absolute Gasteiger partial charge is 0.493 e. The van der Waals surface area contributed by atoms with Gasteiger partial charge in [0.05, 0.1) is 23.8 Å². The summed E-state index contributed by atoms with van der Waals surface area (Å²) in [6.07, 6.45) is 1.74. The van der Waals surface area contributed by atoms with Crippen LogP contribution in [-0.2, 0) is 0 Å². The molecule has 6 nitrogen and oxygen atoms in total. The van der Waals surface area contributed by atoms with Crippen molar-refractivity contribution in [3.63, 3.8) is 0 Å². The Morgan fingerprint density at radius 2 is 1.96 bits per heavy atom. The van der Waals surface area contributed by atoms with Crippen molar-refractivity contribution in [1.82, 2.24) is 14.6 Å². The lowest BCUT2D eigenvalue weighted by molar-refractivity contribution is 0.354. The number of benzene rings is 2. The summed E-state index contributed by atoms with van der Waals surface area (Å²) >= 11 is 13.4. The van der Waals surface area contributed by atoms with E-state index in [1.54, 1.807) is 44.6 Å². The topological polar surface area (TPSA) is 65.7 Å². The minimum absolute atomic E-state index is 0.270. The van der Waals surface area contributed by atoms with Crippen molar-refractivity contribution in [3.8, 4) is 22.9 Å². The highest BCUT2D eigenvalue weighted by Gasteiger charge is 2.15. The molecule has 2 aromatic carbocycles. The van der Waals surface area contributed by atoms with Gasteiger partial charge in [-0.15, -0.1) is 5.10 Å². The van der Waals surface area contributed by atoms with Gasteiger partial charge in [0.25, 0.3) is 5.56 Å². The van der Waals surface area contributed by atoms with Gasteiger partial charge in [-0.25, -0.2) is 0 Å². The first kappa shape index (κ1) is 18.7. The monoisotopic (exact) mass is 433 g/mol. The van der Waals surface area contributed by atoms with E-state index < -0.39 is 0 Å². The molecule has 4 aromatic rings. The molecule has 0 bridgehead atoms. The van der Waals surface area contributed by atoms with E-state index in [1.807, 2.05) is 12.1 Å². The van der Waals surface area contributed by atoms with Crippen LogP contribution in [0.1, 0.15) is 5.56 Å². The number of hydrogen-bond acceptors (Lipinski definition) is 6. The molecule has 4 rings (SSSR count). The quantitative estimate of drug-likeness (QED) is 0.490. The van der Waals surface area contributed by atoms with E-state index in [0.29, 0.717) is 42.4 Å². The molecule has 0 atom stereocenters. The van der Waals surface area contributed by atoms with Crippen molar-refractivity contribution in [1.29, 1.82) is 0 Å². The van der Waals surface area contributed by atoms with Crippen LogP contribution < -0.4 is 19.6 Å². The molecule has 9 heteroatoms. The Balaban J connectivity index is 1.84. The number of methoxy groups -OCH3 is 2. The van der Waals surface area contributed by atoms with Gasteiger partial charge in [0, 0.05) is 16.1 Å². The highest BCUT2D eigenvalue weighted by Crippen LogP contribution is 2.31. The van der Waals surface area contributed by atoms with E-state index in [2.05, 4.69) is 10.1 Å². The lowest BCUT2D eigenvalue weighted by Gasteiger charge is -2.09. The normalized spacial score (nSPS) is 11.9. The summed E-state index contributed by atoms with van der Waals surface area (Å²) in [6, 6.07) is 10.5. The average molecular weight is 434 g/mol. The fourth-order valence-electron chi connectivity index (χ4n) is 2.79. The van der Waals surface area contributed by atoms with Crippen molar-refractivity contribution < 1.29 is 9.47 Å². The number of halogens is 2. The van der Waals surface area contributed by atoms with Crippen molar-refractivity contribution in [2.45, 2.75) is 0 Å². The molecule has 0 radical (unpaired) electrons. The van der Waals surface area contributed by atoms with Crippen molar-refractivity contribution in [3.05, 3.63) is 66.9 Å². The van der Waals surface area contributed by atoms with Gasteiger partial charge in [0.15, 0.2) is 17.3 Å². The molecule has 0 aliphatic heterocycles. The third-order valence-corrected chi connectivity index (χ3v) is 5.58. The van der Waals surface area contributed by atoms with Crippen LogP contribution in [0, 0.1) is 0 Å². The van der Waals surface area contributed by atoms with Crippen LogP contribution in [0.2, 0.25) is 10.0 Å². The zero-order valence-corrected chi connectivity index (χ0v) is 17.1. The molecule has 0 saturated carbocycles. The second-order valence-corrected chi connectivity index (χ2v) is 7.61. The average Bonchev–Trinajstić information content (AvgIpc) is 3.21. The number of para-hydroxylation sites is 1. The Bertz CT molecular complexity index is 1300. The highest BCUT2D eigenvalue weighted by molar-refractivity contribution is 7.15. The van der Waals surface area contributed by atoms with Crippen molar-refractivity contribution in [2.24, 2.45) is 0 Å². The Kier molecular flexibility index (Phi) is 4.97. The third-order valence-electron chi connectivity index (χ3n) is 4.07. The molecular weight excluding hydrogens is 421 g/mol. The van der Waals surface area contributed by atoms with Gasteiger partial charge < -0.3 is 9.47 Å². The van der Waals surface area contributed by atoms with Gasteiger partial charge in [-0.2, -0.15) is 9.50 Å². The molecule has 0 spiro atoms. The zero-order valence-electron chi connectivity index (χ0n) is 14.8. The van der Waals surface area contributed by atoms with Gasteiger partial charge in [-0.05, 0) is 30.3 Å². The Labute approximate surface area is 173 Å². The maximum absolute atomic E-state index is 12.8. The van der Waals surface area contributed by atoms with Crippen LogP contribution in [0.5, 0.6) is 11.5 Å². The number of fused-ring (bicyclic) bond motifs is 1. The second kappa shape index (κ2) is 7.43. The minimum atomic E-state index is -0.270. The first-order valence-corrected chi connectivity index (χ1v) is 9.66. The van der Waals surface area contributed by atoms with Crippen molar-refractivity contribution >= 4 is 45.6 Å². The molecule has 2 heterocycles. The van der Waals surface area contributed by atoms with Gasteiger partial charge >= 0.3 is 0 Å². The number of ether oxygens (including phenoxy) is 2. The van der Waals surface area contributed by atoms with Crippen LogP contribution in [0.15, 0.2) is 41.2 Å². The lowest BCUT2D eigenvalue weighted by atomic mass is 10.2. The number of nitrogens with zero attached hydrogens (tertiary/aromatic N) is 3. The van der Waals surface area contributed by atoms with Crippen LogP contribution in [0.4, 0.5) is 0 Å². The lowest BCUT2D eigenvalue weighted by Crippen LogP contribution is -2.23. The minimum Gasteiger partial charge on any atom is -0.493 e. The van der Waals surface area contributed by atoms with E-state index in [4.69, 9.17) is 32.7 Å². The van der Waals surface area contributed by atoms with E-state index >= 15 is 0 Å². The summed E-state index contributed by atoms with van der Waals surface area (Å²) in [5, 5.41) is 5.25. The maximum atomic E-state index is 12.8. The predicted octanol–water partition coefficient (Wildman–Crippen LogP) is 3.69. The van der Waals surface area contributed by atoms with Gasteiger partial charge in [-0.1, -0.05) is 46.7 Å². The summed E-state index contributed by atoms with van der Waals surface area (Å²) < 4.78 is 12.5. The van der Waals surface area contributed by atoms with E-state index in [0.717, 1.165) is 5.56 Å². The second-order valence-electron chi connectivity index (χ2n) is 5.75. The molecule has 0 saturated heterocycles. The first-order valence-electron chi connectivity index (χ1n) is 8.09. The molecule has 28 heavy (non-hydrogen) atoms. The maximum Gasteiger partial charge on any atom is 0.291 e. The fraction of sp³-hybridized carbons (Fsp3) is 0.105. The van der Waals surface area contributed by atoms with Crippen molar-refractivity contribution in [2.75, 3.05) is 14.2 Å². The third kappa shape index (κ3) is 3.22. The van der Waals surface area contributed by atoms with Crippen LogP contribution in [-0.4, -0.2) is 28.8 Å². The van der Waals surface area contributed by atoms with Gasteiger partial charge in [0.2, 0.25) is 4.96 Å². The van der Waals surface area contributed by atoms with Crippen LogP contribution >= 0.6 is 34.5 Å². The smallest absolute Gasteiger partial charge is 0.291 e. The molecule has 0 aliphatic rings.